The summed E-state index contributed by atoms with van der Waals surface area (Å²) < 4.78 is 0. The van der Waals surface area contributed by atoms with Gasteiger partial charge in [0.25, 0.3) is 11.6 Å². The zero-order chi connectivity index (χ0) is 14.6. The lowest BCUT2D eigenvalue weighted by atomic mass is 10.0. The SMILES string of the molecule is CCC(C)C(C)NC(=O)c1cc([N+](=O)[O-])ccc1N. The van der Waals surface area contributed by atoms with Crippen LogP contribution >= 0.6 is 0 Å². The van der Waals surface area contributed by atoms with Gasteiger partial charge in [-0.3, -0.25) is 14.9 Å². The maximum Gasteiger partial charge on any atom is 0.270 e. The molecule has 0 fully saturated rings. The van der Waals surface area contributed by atoms with E-state index >= 15 is 0 Å². The van der Waals surface area contributed by atoms with Crippen molar-refractivity contribution in [2.45, 2.75) is 33.2 Å². The topological polar surface area (TPSA) is 98.3 Å². The molecule has 1 aromatic carbocycles. The molecule has 1 rings (SSSR count). The molecule has 1 amide bonds. The first kappa shape index (κ1) is 14.9. The van der Waals surface area contributed by atoms with Gasteiger partial charge in [0.2, 0.25) is 0 Å². The molecule has 0 aliphatic heterocycles. The fourth-order valence-electron chi connectivity index (χ4n) is 1.63. The van der Waals surface area contributed by atoms with Gasteiger partial charge in [-0.1, -0.05) is 20.3 Å². The van der Waals surface area contributed by atoms with Gasteiger partial charge >= 0.3 is 0 Å². The summed E-state index contributed by atoms with van der Waals surface area (Å²) in [6, 6.07) is 3.84. The summed E-state index contributed by atoms with van der Waals surface area (Å²) in [5.74, 6) is -0.0575. The smallest absolute Gasteiger partial charge is 0.270 e. The third-order valence-corrected chi connectivity index (χ3v) is 3.35. The number of carbonyl (C=O) groups excluding carboxylic acids is 1. The first-order chi connectivity index (χ1) is 8.86. The molecule has 0 bridgehead atoms. The largest absolute Gasteiger partial charge is 0.398 e. The minimum atomic E-state index is -0.547. The van der Waals surface area contributed by atoms with Crippen molar-refractivity contribution < 1.29 is 9.72 Å². The van der Waals surface area contributed by atoms with Crippen LogP contribution in [0.1, 0.15) is 37.6 Å². The molecule has 104 valence electrons. The molecule has 0 saturated heterocycles. The Morgan fingerprint density at radius 1 is 1.47 bits per heavy atom. The van der Waals surface area contributed by atoms with Crippen LogP contribution in [0.15, 0.2) is 18.2 Å². The van der Waals surface area contributed by atoms with Crippen LogP contribution in [0.2, 0.25) is 0 Å². The van der Waals surface area contributed by atoms with Gasteiger partial charge in [0.05, 0.1) is 10.5 Å². The van der Waals surface area contributed by atoms with Crippen molar-refractivity contribution in [1.29, 1.82) is 0 Å². The number of amides is 1. The van der Waals surface area contributed by atoms with E-state index < -0.39 is 4.92 Å². The van der Waals surface area contributed by atoms with Gasteiger partial charge in [-0.05, 0) is 18.9 Å². The molecule has 0 spiro atoms. The number of nitrogens with one attached hydrogen (secondary N) is 1. The highest BCUT2D eigenvalue weighted by molar-refractivity contribution is 5.99. The Bertz CT molecular complexity index is 488. The van der Waals surface area contributed by atoms with E-state index in [9.17, 15) is 14.9 Å². The predicted molar refractivity (Wildman–Crippen MR) is 73.9 cm³/mol. The Morgan fingerprint density at radius 3 is 2.63 bits per heavy atom. The van der Waals surface area contributed by atoms with Gasteiger partial charge in [-0.25, -0.2) is 0 Å². The third kappa shape index (κ3) is 3.67. The lowest BCUT2D eigenvalue weighted by molar-refractivity contribution is -0.384. The molecule has 0 aliphatic rings. The summed E-state index contributed by atoms with van der Waals surface area (Å²) in [6.07, 6.45) is 0.936. The van der Waals surface area contributed by atoms with Crippen molar-refractivity contribution >= 4 is 17.3 Å². The Kier molecular flexibility index (Phi) is 4.86. The van der Waals surface area contributed by atoms with Crippen LogP contribution in [0.5, 0.6) is 0 Å². The number of nitro groups is 1. The Morgan fingerprint density at radius 2 is 2.11 bits per heavy atom. The summed E-state index contributed by atoms with van der Waals surface area (Å²) in [6.45, 7) is 5.97. The molecule has 19 heavy (non-hydrogen) atoms. The van der Waals surface area contributed by atoms with Crippen molar-refractivity contribution in [1.82, 2.24) is 5.32 Å². The molecule has 0 aliphatic carbocycles. The van der Waals surface area contributed by atoms with Crippen LogP contribution in [0, 0.1) is 16.0 Å². The van der Waals surface area contributed by atoms with E-state index in [2.05, 4.69) is 5.32 Å². The van der Waals surface area contributed by atoms with Crippen molar-refractivity contribution in [3.63, 3.8) is 0 Å². The average molecular weight is 265 g/mol. The average Bonchev–Trinajstić information content (AvgIpc) is 2.37. The molecule has 0 aromatic heterocycles. The zero-order valence-corrected chi connectivity index (χ0v) is 11.3. The minimum Gasteiger partial charge on any atom is -0.398 e. The minimum absolute atomic E-state index is 0.0174. The molecule has 1 aromatic rings. The number of carbonyl (C=O) groups is 1. The molecular formula is C13H19N3O3. The standard InChI is InChI=1S/C13H19N3O3/c1-4-8(2)9(3)15-13(17)11-7-10(16(18)19)5-6-12(11)14/h5-9H,4,14H2,1-3H3,(H,15,17). The van der Waals surface area contributed by atoms with Gasteiger partial charge in [0.15, 0.2) is 0 Å². The van der Waals surface area contributed by atoms with Crippen molar-refractivity contribution in [2.75, 3.05) is 5.73 Å². The monoisotopic (exact) mass is 265 g/mol. The Balaban J connectivity index is 2.93. The van der Waals surface area contributed by atoms with Gasteiger partial charge in [-0.2, -0.15) is 0 Å². The number of rotatable bonds is 5. The lowest BCUT2D eigenvalue weighted by Crippen LogP contribution is -2.37. The molecule has 0 radical (unpaired) electrons. The highest BCUT2D eigenvalue weighted by Gasteiger charge is 2.18. The van der Waals surface area contributed by atoms with E-state index in [0.717, 1.165) is 6.42 Å². The molecule has 6 heteroatoms. The van der Waals surface area contributed by atoms with Gasteiger partial charge in [0, 0.05) is 23.9 Å². The van der Waals surface area contributed by atoms with Crippen LogP contribution in [0.3, 0.4) is 0 Å². The maximum absolute atomic E-state index is 12.1. The quantitative estimate of drug-likeness (QED) is 0.485. The fraction of sp³-hybridized carbons (Fsp3) is 0.462. The molecule has 3 N–H and O–H groups in total. The maximum atomic E-state index is 12.1. The van der Waals surface area contributed by atoms with Crippen LogP contribution in [-0.4, -0.2) is 16.9 Å². The fourth-order valence-corrected chi connectivity index (χ4v) is 1.63. The van der Waals surface area contributed by atoms with Gasteiger partial charge in [0.1, 0.15) is 0 Å². The van der Waals surface area contributed by atoms with E-state index in [1.165, 1.54) is 18.2 Å². The van der Waals surface area contributed by atoms with Gasteiger partial charge in [-0.15, -0.1) is 0 Å². The summed E-state index contributed by atoms with van der Waals surface area (Å²) in [5.41, 5.74) is 5.93. The normalized spacial score (nSPS) is 13.6. The number of benzene rings is 1. The number of non-ortho nitro benzene ring substituents is 1. The lowest BCUT2D eigenvalue weighted by Gasteiger charge is -2.20. The molecule has 0 heterocycles. The first-order valence-electron chi connectivity index (χ1n) is 6.21. The predicted octanol–water partition coefficient (Wildman–Crippen LogP) is 2.34. The summed E-state index contributed by atoms with van der Waals surface area (Å²) in [7, 11) is 0. The van der Waals surface area contributed by atoms with Crippen LogP contribution in [0.25, 0.3) is 0 Å². The van der Waals surface area contributed by atoms with Gasteiger partial charge < -0.3 is 11.1 Å². The van der Waals surface area contributed by atoms with E-state index in [0.29, 0.717) is 5.92 Å². The van der Waals surface area contributed by atoms with Crippen molar-refractivity contribution in [3.05, 3.63) is 33.9 Å². The molecule has 6 nitrogen and oxygen atoms in total. The highest BCUT2D eigenvalue weighted by atomic mass is 16.6. The summed E-state index contributed by atoms with van der Waals surface area (Å²) in [4.78, 5) is 22.2. The number of nitrogens with two attached hydrogens (primary N) is 1. The van der Waals surface area contributed by atoms with E-state index in [1.54, 1.807) is 0 Å². The zero-order valence-electron chi connectivity index (χ0n) is 11.3. The molecular weight excluding hydrogens is 246 g/mol. The number of anilines is 1. The molecule has 2 atom stereocenters. The Labute approximate surface area is 112 Å². The third-order valence-electron chi connectivity index (χ3n) is 3.35. The van der Waals surface area contributed by atoms with Crippen molar-refractivity contribution in [3.8, 4) is 0 Å². The van der Waals surface area contributed by atoms with Crippen LogP contribution < -0.4 is 11.1 Å². The van der Waals surface area contributed by atoms with E-state index in [4.69, 9.17) is 5.73 Å². The second kappa shape index (κ2) is 6.17. The first-order valence-corrected chi connectivity index (χ1v) is 6.21. The number of nitro benzene ring substituents is 1. The van der Waals surface area contributed by atoms with Crippen LogP contribution in [0.4, 0.5) is 11.4 Å². The molecule has 0 saturated carbocycles. The molecule has 2 unspecified atom stereocenters. The van der Waals surface area contributed by atoms with Crippen molar-refractivity contribution in [2.24, 2.45) is 5.92 Å². The number of hydrogen-bond donors (Lipinski definition) is 2. The number of nitrogens with zero attached hydrogens (tertiary/aromatic N) is 1. The number of hydrogen-bond acceptors (Lipinski definition) is 4. The Hall–Kier alpha value is -2.11. The summed E-state index contributed by atoms with van der Waals surface area (Å²) in [5, 5.41) is 13.5. The highest BCUT2D eigenvalue weighted by Crippen LogP contribution is 2.20. The summed E-state index contributed by atoms with van der Waals surface area (Å²) >= 11 is 0. The van der Waals surface area contributed by atoms with Crippen LogP contribution in [-0.2, 0) is 0 Å². The van der Waals surface area contributed by atoms with E-state index in [1.807, 2.05) is 20.8 Å². The second-order valence-electron chi connectivity index (χ2n) is 4.68. The second-order valence-corrected chi connectivity index (χ2v) is 4.68. The number of nitrogen functional groups attached to an aromatic ring is 1. The van der Waals surface area contributed by atoms with E-state index in [-0.39, 0.29) is 28.9 Å².